The number of piperidine rings is 1. The van der Waals surface area contributed by atoms with Crippen molar-refractivity contribution < 1.29 is 4.79 Å². The van der Waals surface area contributed by atoms with E-state index in [0.717, 1.165) is 23.7 Å². The lowest BCUT2D eigenvalue weighted by Crippen LogP contribution is -2.31. The molecule has 0 aromatic carbocycles. The van der Waals surface area contributed by atoms with Crippen molar-refractivity contribution in [1.29, 1.82) is 0 Å². The molecule has 1 aliphatic rings. The molecule has 1 saturated heterocycles. The zero-order valence-electron chi connectivity index (χ0n) is 16.1. The molecule has 0 saturated carbocycles. The maximum absolute atomic E-state index is 12.5. The molecular weight excluding hydrogens is 348 g/mol. The summed E-state index contributed by atoms with van der Waals surface area (Å²) in [5, 5.41) is 17.1. The van der Waals surface area contributed by atoms with Crippen molar-refractivity contribution in [2.24, 2.45) is 7.05 Å². The summed E-state index contributed by atoms with van der Waals surface area (Å²) in [6.07, 6.45) is 4.81. The third kappa shape index (κ3) is 4.67. The van der Waals surface area contributed by atoms with E-state index in [1.807, 2.05) is 6.07 Å². The van der Waals surface area contributed by atoms with Crippen molar-refractivity contribution in [3.8, 4) is 0 Å². The average molecular weight is 377 g/mol. The zero-order valence-corrected chi connectivity index (χ0v) is 16.9. The van der Waals surface area contributed by atoms with Crippen LogP contribution in [0.25, 0.3) is 0 Å². The lowest BCUT2D eigenvalue weighted by molar-refractivity contribution is 0.101. The molecular formula is C18H28N6OS. The van der Waals surface area contributed by atoms with Crippen LogP contribution in [0.1, 0.15) is 61.2 Å². The van der Waals surface area contributed by atoms with E-state index >= 15 is 0 Å². The Morgan fingerprint density at radius 3 is 2.62 bits per heavy atom. The van der Waals surface area contributed by atoms with Crippen LogP contribution in [0.3, 0.4) is 0 Å². The van der Waals surface area contributed by atoms with Gasteiger partial charge in [-0.25, -0.2) is 0 Å². The predicted molar refractivity (Wildman–Crippen MR) is 104 cm³/mol. The van der Waals surface area contributed by atoms with Crippen LogP contribution in [-0.4, -0.2) is 50.4 Å². The van der Waals surface area contributed by atoms with Crippen LogP contribution in [0.15, 0.2) is 6.07 Å². The minimum atomic E-state index is -0.200. The van der Waals surface area contributed by atoms with E-state index in [1.54, 1.807) is 11.7 Å². The Hall–Kier alpha value is -1.80. The third-order valence-electron chi connectivity index (χ3n) is 4.66. The number of amides is 1. The van der Waals surface area contributed by atoms with Gasteiger partial charge in [0.2, 0.25) is 5.13 Å². The van der Waals surface area contributed by atoms with Gasteiger partial charge in [0, 0.05) is 25.4 Å². The maximum atomic E-state index is 12.5. The van der Waals surface area contributed by atoms with Crippen LogP contribution in [0.4, 0.5) is 5.13 Å². The van der Waals surface area contributed by atoms with Gasteiger partial charge in [-0.05, 0) is 32.0 Å². The summed E-state index contributed by atoms with van der Waals surface area (Å²) in [6.45, 7) is 9.61. The predicted octanol–water partition coefficient (Wildman–Crippen LogP) is 2.85. The van der Waals surface area contributed by atoms with Gasteiger partial charge in [0.15, 0.2) is 0 Å². The summed E-state index contributed by atoms with van der Waals surface area (Å²) in [6, 6.07) is 1.84. The smallest absolute Gasteiger partial charge is 0.275 e. The minimum Gasteiger partial charge on any atom is -0.303 e. The summed E-state index contributed by atoms with van der Waals surface area (Å²) < 4.78 is 1.62. The first-order valence-electron chi connectivity index (χ1n) is 9.23. The average Bonchev–Trinajstić information content (AvgIpc) is 3.20. The molecule has 0 spiro atoms. The van der Waals surface area contributed by atoms with Crippen molar-refractivity contribution in [2.45, 2.75) is 51.9 Å². The fourth-order valence-corrected chi connectivity index (χ4v) is 3.77. The number of carbonyl (C=O) groups is 1. The van der Waals surface area contributed by atoms with Crippen molar-refractivity contribution in [2.75, 3.05) is 25.0 Å². The van der Waals surface area contributed by atoms with E-state index in [1.165, 1.54) is 43.7 Å². The Morgan fingerprint density at radius 1 is 1.23 bits per heavy atom. The van der Waals surface area contributed by atoms with Gasteiger partial charge in [0.1, 0.15) is 10.7 Å². The first-order valence-corrected chi connectivity index (χ1v) is 10.1. The van der Waals surface area contributed by atoms with E-state index in [9.17, 15) is 4.79 Å². The first-order chi connectivity index (χ1) is 12.3. The van der Waals surface area contributed by atoms with Crippen molar-refractivity contribution >= 4 is 22.4 Å². The molecule has 26 heavy (non-hydrogen) atoms. The van der Waals surface area contributed by atoms with Crippen molar-refractivity contribution in [3.05, 3.63) is 22.5 Å². The Bertz CT molecular complexity index is 754. The van der Waals surface area contributed by atoms with E-state index in [4.69, 9.17) is 0 Å². The number of hydrogen-bond acceptors (Lipinski definition) is 6. The SMILES string of the molecule is Cn1nc(C(C)(C)C)cc1C(=O)Nc1nnc(CCN2CCCCC2)s1. The number of anilines is 1. The number of rotatable bonds is 5. The quantitative estimate of drug-likeness (QED) is 0.868. The molecule has 0 radical (unpaired) electrons. The lowest BCUT2D eigenvalue weighted by Gasteiger charge is -2.25. The monoisotopic (exact) mass is 376 g/mol. The largest absolute Gasteiger partial charge is 0.303 e. The highest BCUT2D eigenvalue weighted by Gasteiger charge is 2.22. The minimum absolute atomic E-state index is 0.0966. The number of likely N-dealkylation sites (tertiary alicyclic amines) is 1. The molecule has 0 bridgehead atoms. The van der Waals surface area contributed by atoms with E-state index in [-0.39, 0.29) is 11.3 Å². The van der Waals surface area contributed by atoms with Crippen LogP contribution in [-0.2, 0) is 18.9 Å². The molecule has 1 N–H and O–H groups in total. The van der Waals surface area contributed by atoms with Gasteiger partial charge in [0.05, 0.1) is 5.69 Å². The molecule has 3 rings (SSSR count). The van der Waals surface area contributed by atoms with Gasteiger partial charge >= 0.3 is 0 Å². The van der Waals surface area contributed by atoms with E-state index in [0.29, 0.717) is 10.8 Å². The van der Waals surface area contributed by atoms with Gasteiger partial charge < -0.3 is 4.90 Å². The molecule has 1 fully saturated rings. The molecule has 2 aromatic heterocycles. The number of carbonyl (C=O) groups excluding carboxylic acids is 1. The van der Waals surface area contributed by atoms with Crippen LogP contribution >= 0.6 is 11.3 Å². The zero-order chi connectivity index (χ0) is 18.7. The lowest BCUT2D eigenvalue weighted by atomic mass is 9.92. The summed E-state index contributed by atoms with van der Waals surface area (Å²) >= 11 is 1.45. The highest BCUT2D eigenvalue weighted by Crippen LogP contribution is 2.22. The number of nitrogens with one attached hydrogen (secondary N) is 1. The van der Waals surface area contributed by atoms with Gasteiger partial charge in [-0.1, -0.05) is 38.5 Å². The summed E-state index contributed by atoms with van der Waals surface area (Å²) in [5.41, 5.74) is 1.32. The number of hydrogen-bond donors (Lipinski definition) is 1. The Labute approximate surface area is 158 Å². The molecule has 0 unspecified atom stereocenters. The third-order valence-corrected chi connectivity index (χ3v) is 5.56. The maximum Gasteiger partial charge on any atom is 0.275 e. The first kappa shape index (κ1) is 19.0. The van der Waals surface area contributed by atoms with Gasteiger partial charge in [-0.3, -0.25) is 14.8 Å². The standard InChI is InChI=1S/C18H28N6OS/c1-18(2,3)14-12-13(23(4)22-14)16(25)19-17-21-20-15(26-17)8-11-24-9-6-5-7-10-24/h12H,5-11H2,1-4H3,(H,19,21,25). The van der Waals surface area contributed by atoms with Gasteiger partial charge in [-0.15, -0.1) is 10.2 Å². The molecule has 7 nitrogen and oxygen atoms in total. The molecule has 3 heterocycles. The molecule has 2 aromatic rings. The van der Waals surface area contributed by atoms with Crippen LogP contribution in [0.2, 0.25) is 0 Å². The van der Waals surface area contributed by atoms with Crippen LogP contribution in [0, 0.1) is 0 Å². The number of nitrogens with zero attached hydrogens (tertiary/aromatic N) is 5. The highest BCUT2D eigenvalue weighted by molar-refractivity contribution is 7.15. The van der Waals surface area contributed by atoms with Crippen molar-refractivity contribution in [1.82, 2.24) is 24.9 Å². The topological polar surface area (TPSA) is 75.9 Å². The Morgan fingerprint density at radius 2 is 1.96 bits per heavy atom. The second-order valence-corrected chi connectivity index (χ2v) is 8.96. The van der Waals surface area contributed by atoms with Crippen molar-refractivity contribution in [3.63, 3.8) is 0 Å². The summed E-state index contributed by atoms with van der Waals surface area (Å²) in [4.78, 5) is 15.0. The Kier molecular flexibility index (Phi) is 5.72. The van der Waals surface area contributed by atoms with E-state index < -0.39 is 0 Å². The molecule has 1 amide bonds. The molecule has 142 valence electrons. The Balaban J connectivity index is 1.58. The summed E-state index contributed by atoms with van der Waals surface area (Å²) in [5.74, 6) is -0.200. The van der Waals surface area contributed by atoms with E-state index in [2.05, 4.69) is 46.3 Å². The van der Waals surface area contributed by atoms with Gasteiger partial charge in [-0.2, -0.15) is 5.10 Å². The number of aryl methyl sites for hydroxylation is 1. The number of aromatic nitrogens is 4. The fraction of sp³-hybridized carbons (Fsp3) is 0.667. The molecule has 0 atom stereocenters. The molecule has 0 aliphatic carbocycles. The molecule has 8 heteroatoms. The highest BCUT2D eigenvalue weighted by atomic mass is 32.1. The van der Waals surface area contributed by atoms with Gasteiger partial charge in [0.25, 0.3) is 5.91 Å². The second-order valence-electron chi connectivity index (χ2n) is 7.90. The normalized spacial score (nSPS) is 16.0. The second kappa shape index (κ2) is 7.84. The van der Waals surface area contributed by atoms with Crippen LogP contribution < -0.4 is 5.32 Å². The summed E-state index contributed by atoms with van der Waals surface area (Å²) in [7, 11) is 1.79. The molecule has 1 aliphatic heterocycles. The van der Waals surface area contributed by atoms with Crippen LogP contribution in [0.5, 0.6) is 0 Å². The fourth-order valence-electron chi connectivity index (χ4n) is 3.05.